The number of aromatic nitrogens is 2. The number of fused-ring (bicyclic) bond motifs is 1. The van der Waals surface area contributed by atoms with Crippen molar-refractivity contribution in [3.8, 4) is 0 Å². The molecular weight excluding hydrogens is 172 g/mol. The lowest BCUT2D eigenvalue weighted by molar-refractivity contribution is 0.490. The molecule has 0 saturated heterocycles. The Labute approximate surface area is 84.6 Å². The van der Waals surface area contributed by atoms with Crippen molar-refractivity contribution in [1.82, 2.24) is 9.38 Å². The van der Waals surface area contributed by atoms with Crippen LogP contribution in [0.1, 0.15) is 32.9 Å². The van der Waals surface area contributed by atoms with Crippen LogP contribution >= 0.6 is 0 Å². The zero-order chi connectivity index (χ0) is 10.2. The molecule has 0 N–H and O–H groups in total. The molecule has 0 fully saturated rings. The summed E-state index contributed by atoms with van der Waals surface area (Å²) >= 11 is 0. The zero-order valence-corrected chi connectivity index (χ0v) is 8.99. The van der Waals surface area contributed by atoms with Gasteiger partial charge in [-0.15, -0.1) is 0 Å². The summed E-state index contributed by atoms with van der Waals surface area (Å²) in [5.41, 5.74) is 2.38. The highest BCUT2D eigenvalue weighted by atomic mass is 15.0. The third kappa shape index (κ3) is 1.41. The molecule has 2 nitrogen and oxygen atoms in total. The minimum atomic E-state index is 0.173. The van der Waals surface area contributed by atoms with Gasteiger partial charge in [0, 0.05) is 23.5 Å². The maximum Gasteiger partial charge on any atom is 0.136 e. The predicted octanol–water partition coefficient (Wildman–Crippen LogP) is 3.02. The van der Waals surface area contributed by atoms with E-state index in [1.54, 1.807) is 0 Å². The SMILES string of the molecule is CCC(C)(C)c1ccn2cccc2n1. The third-order valence-electron chi connectivity index (χ3n) is 2.96. The van der Waals surface area contributed by atoms with Gasteiger partial charge in [-0.2, -0.15) is 0 Å². The summed E-state index contributed by atoms with van der Waals surface area (Å²) in [6, 6.07) is 6.16. The van der Waals surface area contributed by atoms with Gasteiger partial charge in [0.25, 0.3) is 0 Å². The number of hydrogen-bond acceptors (Lipinski definition) is 1. The molecule has 0 spiro atoms. The highest BCUT2D eigenvalue weighted by molar-refractivity contribution is 5.40. The smallest absolute Gasteiger partial charge is 0.136 e. The van der Waals surface area contributed by atoms with Crippen molar-refractivity contribution < 1.29 is 0 Å². The molecule has 0 amide bonds. The summed E-state index contributed by atoms with van der Waals surface area (Å²) in [7, 11) is 0. The second kappa shape index (κ2) is 3.12. The van der Waals surface area contributed by atoms with E-state index in [4.69, 9.17) is 0 Å². The molecule has 2 rings (SSSR count). The second-order valence-electron chi connectivity index (χ2n) is 4.32. The van der Waals surface area contributed by atoms with Crippen molar-refractivity contribution >= 4 is 5.65 Å². The maximum absolute atomic E-state index is 4.64. The second-order valence-corrected chi connectivity index (χ2v) is 4.32. The van der Waals surface area contributed by atoms with E-state index in [-0.39, 0.29) is 5.41 Å². The minimum Gasteiger partial charge on any atom is -0.309 e. The molecule has 2 aromatic rings. The van der Waals surface area contributed by atoms with E-state index in [0.29, 0.717) is 0 Å². The number of rotatable bonds is 2. The Hall–Kier alpha value is -1.31. The Morgan fingerprint density at radius 1 is 1.29 bits per heavy atom. The van der Waals surface area contributed by atoms with Crippen LogP contribution in [-0.2, 0) is 5.41 Å². The van der Waals surface area contributed by atoms with Gasteiger partial charge >= 0.3 is 0 Å². The lowest BCUT2D eigenvalue weighted by Crippen LogP contribution is -2.17. The van der Waals surface area contributed by atoms with E-state index in [1.165, 1.54) is 5.69 Å². The molecule has 0 saturated carbocycles. The molecule has 0 aliphatic carbocycles. The van der Waals surface area contributed by atoms with Gasteiger partial charge in [0.1, 0.15) is 5.65 Å². The van der Waals surface area contributed by atoms with Gasteiger partial charge in [0.2, 0.25) is 0 Å². The molecule has 2 aromatic heterocycles. The van der Waals surface area contributed by atoms with Gasteiger partial charge in [-0.3, -0.25) is 0 Å². The van der Waals surface area contributed by atoms with E-state index >= 15 is 0 Å². The van der Waals surface area contributed by atoms with Crippen molar-refractivity contribution in [1.29, 1.82) is 0 Å². The highest BCUT2D eigenvalue weighted by Crippen LogP contribution is 2.24. The molecule has 2 heteroatoms. The van der Waals surface area contributed by atoms with Crippen molar-refractivity contribution in [2.24, 2.45) is 0 Å². The van der Waals surface area contributed by atoms with Gasteiger partial charge in [-0.05, 0) is 24.6 Å². The Morgan fingerprint density at radius 3 is 2.79 bits per heavy atom. The summed E-state index contributed by atoms with van der Waals surface area (Å²) < 4.78 is 2.04. The molecule has 0 aliphatic rings. The van der Waals surface area contributed by atoms with Crippen molar-refractivity contribution in [3.05, 3.63) is 36.3 Å². The van der Waals surface area contributed by atoms with E-state index in [0.717, 1.165) is 12.1 Å². The van der Waals surface area contributed by atoms with Crippen LogP contribution in [0.4, 0.5) is 0 Å². The minimum absolute atomic E-state index is 0.173. The highest BCUT2D eigenvalue weighted by Gasteiger charge is 2.19. The first-order chi connectivity index (χ1) is 6.63. The Bertz CT molecular complexity index is 440. The predicted molar refractivity (Wildman–Crippen MR) is 58.5 cm³/mol. The summed E-state index contributed by atoms with van der Waals surface area (Å²) in [5.74, 6) is 0. The van der Waals surface area contributed by atoms with Crippen LogP contribution in [0.3, 0.4) is 0 Å². The molecule has 0 atom stereocenters. The first-order valence-electron chi connectivity index (χ1n) is 5.08. The van der Waals surface area contributed by atoms with Crippen LogP contribution in [0.2, 0.25) is 0 Å². The molecule has 0 unspecified atom stereocenters. The summed E-state index contributed by atoms with van der Waals surface area (Å²) in [5, 5.41) is 0. The normalized spacial score (nSPS) is 12.2. The summed E-state index contributed by atoms with van der Waals surface area (Å²) in [6.45, 7) is 6.66. The first-order valence-corrected chi connectivity index (χ1v) is 5.08. The van der Waals surface area contributed by atoms with Crippen LogP contribution in [-0.4, -0.2) is 9.38 Å². The molecule has 0 aliphatic heterocycles. The number of nitrogens with zero attached hydrogens (tertiary/aromatic N) is 2. The van der Waals surface area contributed by atoms with Gasteiger partial charge in [0.15, 0.2) is 0 Å². The van der Waals surface area contributed by atoms with Crippen molar-refractivity contribution in [2.45, 2.75) is 32.6 Å². The van der Waals surface area contributed by atoms with E-state index in [2.05, 4.69) is 38.0 Å². The Balaban J connectivity index is 2.53. The fourth-order valence-corrected chi connectivity index (χ4v) is 1.47. The fraction of sp³-hybridized carbons (Fsp3) is 0.417. The average molecular weight is 188 g/mol. The first kappa shape index (κ1) is 9.25. The molecular formula is C12H16N2. The molecule has 0 bridgehead atoms. The van der Waals surface area contributed by atoms with Crippen molar-refractivity contribution in [3.63, 3.8) is 0 Å². The van der Waals surface area contributed by atoms with Gasteiger partial charge in [0.05, 0.1) is 0 Å². The van der Waals surface area contributed by atoms with Gasteiger partial charge in [-0.1, -0.05) is 20.8 Å². The van der Waals surface area contributed by atoms with E-state index < -0.39 is 0 Å². The van der Waals surface area contributed by atoms with Crippen LogP contribution in [0.5, 0.6) is 0 Å². The van der Waals surface area contributed by atoms with Crippen LogP contribution in [0.15, 0.2) is 30.6 Å². The third-order valence-corrected chi connectivity index (χ3v) is 2.96. The van der Waals surface area contributed by atoms with E-state index in [9.17, 15) is 0 Å². The standard InChI is InChI=1S/C12H16N2/c1-4-12(2,3)10-7-9-14-8-5-6-11(14)13-10/h5-9H,4H2,1-3H3. The van der Waals surface area contributed by atoms with Gasteiger partial charge < -0.3 is 4.40 Å². The molecule has 2 heterocycles. The van der Waals surface area contributed by atoms with Crippen LogP contribution in [0, 0.1) is 0 Å². The molecule has 0 radical (unpaired) electrons. The molecule has 0 aromatic carbocycles. The van der Waals surface area contributed by atoms with Gasteiger partial charge in [-0.25, -0.2) is 4.98 Å². The van der Waals surface area contributed by atoms with E-state index in [1.807, 2.05) is 22.7 Å². The maximum atomic E-state index is 4.64. The zero-order valence-electron chi connectivity index (χ0n) is 8.99. The molecule has 74 valence electrons. The topological polar surface area (TPSA) is 17.3 Å². The quantitative estimate of drug-likeness (QED) is 0.708. The lowest BCUT2D eigenvalue weighted by atomic mass is 9.86. The molecule has 14 heavy (non-hydrogen) atoms. The summed E-state index contributed by atoms with van der Waals surface area (Å²) in [4.78, 5) is 4.64. The lowest BCUT2D eigenvalue weighted by Gasteiger charge is -2.21. The average Bonchev–Trinajstić information content (AvgIpc) is 2.64. The summed E-state index contributed by atoms with van der Waals surface area (Å²) in [6.07, 6.45) is 5.21. The monoisotopic (exact) mass is 188 g/mol. The number of hydrogen-bond donors (Lipinski definition) is 0. The Kier molecular flexibility index (Phi) is 2.06. The fourth-order valence-electron chi connectivity index (χ4n) is 1.47. The van der Waals surface area contributed by atoms with Crippen LogP contribution < -0.4 is 0 Å². The Morgan fingerprint density at radius 2 is 2.07 bits per heavy atom. The van der Waals surface area contributed by atoms with Crippen LogP contribution in [0.25, 0.3) is 5.65 Å². The van der Waals surface area contributed by atoms with Crippen molar-refractivity contribution in [2.75, 3.05) is 0 Å². The largest absolute Gasteiger partial charge is 0.309 e.